The maximum Gasteiger partial charge on any atom is 0.250 e. The summed E-state index contributed by atoms with van der Waals surface area (Å²) in [7, 11) is 0. The summed E-state index contributed by atoms with van der Waals surface area (Å²) in [5.74, 6) is 2.70. The minimum Gasteiger partial charge on any atom is -0.454 e. The molecule has 24 heavy (non-hydrogen) atoms. The smallest absolute Gasteiger partial charge is 0.250 e. The number of piperidine rings is 1. The van der Waals surface area contributed by atoms with Gasteiger partial charge in [-0.05, 0) is 36.1 Å². The van der Waals surface area contributed by atoms with Crippen molar-refractivity contribution in [2.75, 3.05) is 19.9 Å². The van der Waals surface area contributed by atoms with Crippen LogP contribution in [0.1, 0.15) is 23.6 Å². The molecule has 0 N–H and O–H groups in total. The molecule has 1 saturated heterocycles. The molecule has 0 radical (unpaired) electrons. The van der Waals surface area contributed by atoms with Crippen molar-refractivity contribution < 1.29 is 9.47 Å². The zero-order chi connectivity index (χ0) is 16.1. The van der Waals surface area contributed by atoms with Crippen LogP contribution in [0.25, 0.3) is 0 Å². The molecule has 3 aliphatic rings. The zero-order valence-electron chi connectivity index (χ0n) is 13.5. The van der Waals surface area contributed by atoms with Gasteiger partial charge in [0.2, 0.25) is 6.79 Å². The maximum absolute atomic E-state index is 12.1. The molecule has 1 aromatic heterocycles. The van der Waals surface area contributed by atoms with Gasteiger partial charge in [-0.2, -0.15) is 0 Å². The van der Waals surface area contributed by atoms with Gasteiger partial charge < -0.3 is 14.0 Å². The minimum atomic E-state index is 0.145. The van der Waals surface area contributed by atoms with Gasteiger partial charge in [0.25, 0.3) is 5.56 Å². The molecule has 0 unspecified atom stereocenters. The lowest BCUT2D eigenvalue weighted by molar-refractivity contribution is 0.114. The largest absolute Gasteiger partial charge is 0.454 e. The average Bonchev–Trinajstić information content (AvgIpc) is 3.03. The Labute approximate surface area is 140 Å². The Morgan fingerprint density at radius 2 is 1.96 bits per heavy atom. The van der Waals surface area contributed by atoms with Gasteiger partial charge in [0, 0.05) is 43.9 Å². The standard InChI is InChI=1S/C19H20N2O3/c22-19-3-1-2-16-15-6-14(10-21(16)19)9-20(11-15)8-13-4-5-17-18(7-13)24-12-23-17/h1-5,7,14-15H,6,8-12H2/t14-,15-/m1/s1. The third-order valence-electron chi connectivity index (χ3n) is 5.40. The van der Waals surface area contributed by atoms with Crippen molar-refractivity contribution in [1.29, 1.82) is 0 Å². The third-order valence-corrected chi connectivity index (χ3v) is 5.40. The van der Waals surface area contributed by atoms with Gasteiger partial charge in [0.1, 0.15) is 0 Å². The number of nitrogens with zero attached hydrogens (tertiary/aromatic N) is 2. The molecule has 124 valence electrons. The Balaban J connectivity index is 1.38. The minimum absolute atomic E-state index is 0.145. The van der Waals surface area contributed by atoms with E-state index in [4.69, 9.17) is 9.47 Å². The molecule has 5 nitrogen and oxygen atoms in total. The van der Waals surface area contributed by atoms with Crippen LogP contribution in [0.2, 0.25) is 0 Å². The lowest BCUT2D eigenvalue weighted by Gasteiger charge is -2.42. The highest BCUT2D eigenvalue weighted by molar-refractivity contribution is 5.44. The fourth-order valence-electron chi connectivity index (χ4n) is 4.42. The van der Waals surface area contributed by atoms with Crippen molar-refractivity contribution in [1.82, 2.24) is 9.47 Å². The first kappa shape index (κ1) is 14.1. The number of rotatable bonds is 2. The van der Waals surface area contributed by atoms with Crippen LogP contribution in [0.15, 0.2) is 41.2 Å². The van der Waals surface area contributed by atoms with Gasteiger partial charge in [0.15, 0.2) is 11.5 Å². The Morgan fingerprint density at radius 1 is 1.04 bits per heavy atom. The van der Waals surface area contributed by atoms with Crippen molar-refractivity contribution in [3.63, 3.8) is 0 Å². The van der Waals surface area contributed by atoms with Crippen molar-refractivity contribution in [3.05, 3.63) is 58.0 Å². The van der Waals surface area contributed by atoms with Crippen molar-refractivity contribution in [2.45, 2.75) is 25.4 Å². The molecule has 0 saturated carbocycles. The summed E-state index contributed by atoms with van der Waals surface area (Å²) in [6.07, 6.45) is 1.20. The molecule has 0 spiro atoms. The summed E-state index contributed by atoms with van der Waals surface area (Å²) in [4.78, 5) is 14.6. The predicted molar refractivity (Wildman–Crippen MR) is 89.4 cm³/mol. The first-order chi connectivity index (χ1) is 11.8. The number of likely N-dealkylation sites (tertiary alicyclic amines) is 1. The monoisotopic (exact) mass is 324 g/mol. The van der Waals surface area contributed by atoms with Crippen LogP contribution in [-0.4, -0.2) is 29.3 Å². The number of aromatic nitrogens is 1. The van der Waals surface area contributed by atoms with E-state index in [9.17, 15) is 4.79 Å². The molecule has 0 amide bonds. The summed E-state index contributed by atoms with van der Waals surface area (Å²) >= 11 is 0. The van der Waals surface area contributed by atoms with E-state index in [0.717, 1.165) is 37.7 Å². The van der Waals surface area contributed by atoms with E-state index in [-0.39, 0.29) is 5.56 Å². The molecule has 2 aromatic rings. The van der Waals surface area contributed by atoms with E-state index in [1.54, 1.807) is 6.07 Å². The second kappa shape index (κ2) is 5.38. The second-order valence-electron chi connectivity index (χ2n) is 7.08. The number of benzene rings is 1. The fourth-order valence-corrected chi connectivity index (χ4v) is 4.42. The van der Waals surface area contributed by atoms with Gasteiger partial charge >= 0.3 is 0 Å². The summed E-state index contributed by atoms with van der Waals surface area (Å²) in [5.41, 5.74) is 2.60. The van der Waals surface area contributed by atoms with Gasteiger partial charge in [-0.3, -0.25) is 9.69 Å². The van der Waals surface area contributed by atoms with Gasteiger partial charge in [-0.15, -0.1) is 0 Å². The highest BCUT2D eigenvalue weighted by atomic mass is 16.7. The van der Waals surface area contributed by atoms with Crippen LogP contribution in [0.3, 0.4) is 0 Å². The molecular formula is C19H20N2O3. The summed E-state index contributed by atoms with van der Waals surface area (Å²) in [6.45, 7) is 4.14. The van der Waals surface area contributed by atoms with E-state index < -0.39 is 0 Å². The molecule has 3 aliphatic heterocycles. The molecule has 5 rings (SSSR count). The van der Waals surface area contributed by atoms with Crippen molar-refractivity contribution in [3.8, 4) is 11.5 Å². The molecule has 1 fully saturated rings. The van der Waals surface area contributed by atoms with Crippen molar-refractivity contribution >= 4 is 0 Å². The highest BCUT2D eigenvalue weighted by Crippen LogP contribution is 2.37. The SMILES string of the molecule is O=c1cccc2n1C[C@@H]1C[C@@H]2CN(Cc2ccc3c(c2)OCO3)C1. The summed E-state index contributed by atoms with van der Waals surface area (Å²) < 4.78 is 12.9. The molecule has 5 heteroatoms. The number of hydrogen-bond acceptors (Lipinski definition) is 4. The van der Waals surface area contributed by atoms with Crippen molar-refractivity contribution in [2.24, 2.45) is 5.92 Å². The van der Waals surface area contributed by atoms with E-state index in [1.165, 1.54) is 17.7 Å². The Kier molecular flexibility index (Phi) is 3.16. The van der Waals surface area contributed by atoms with Crippen LogP contribution in [0.5, 0.6) is 11.5 Å². The van der Waals surface area contributed by atoms with E-state index in [0.29, 0.717) is 18.6 Å². The average molecular weight is 324 g/mol. The molecule has 1 aromatic carbocycles. The van der Waals surface area contributed by atoms with Crippen LogP contribution in [0, 0.1) is 5.92 Å². The first-order valence-corrected chi connectivity index (χ1v) is 8.57. The lowest BCUT2D eigenvalue weighted by Crippen LogP contribution is -2.46. The second-order valence-corrected chi connectivity index (χ2v) is 7.08. The van der Waals surface area contributed by atoms with Gasteiger partial charge in [-0.1, -0.05) is 12.1 Å². The van der Waals surface area contributed by atoms with Crippen LogP contribution >= 0.6 is 0 Å². The lowest BCUT2D eigenvalue weighted by atomic mass is 9.83. The molecular weight excluding hydrogens is 304 g/mol. The first-order valence-electron chi connectivity index (χ1n) is 8.57. The topological polar surface area (TPSA) is 43.7 Å². The van der Waals surface area contributed by atoms with Gasteiger partial charge in [0.05, 0.1) is 0 Å². The number of ether oxygens (including phenoxy) is 2. The van der Waals surface area contributed by atoms with Gasteiger partial charge in [-0.25, -0.2) is 0 Å². The Hall–Kier alpha value is -2.27. The number of pyridine rings is 1. The normalized spacial score (nSPS) is 24.7. The molecule has 4 heterocycles. The quantitative estimate of drug-likeness (QED) is 0.849. The number of fused-ring (bicyclic) bond motifs is 5. The van der Waals surface area contributed by atoms with E-state index in [1.807, 2.05) is 16.7 Å². The van der Waals surface area contributed by atoms with Crippen LogP contribution < -0.4 is 15.0 Å². The molecule has 2 bridgehead atoms. The zero-order valence-corrected chi connectivity index (χ0v) is 13.5. The molecule has 0 aliphatic carbocycles. The predicted octanol–water partition coefficient (Wildman–Crippen LogP) is 2.20. The highest BCUT2D eigenvalue weighted by Gasteiger charge is 2.34. The molecule has 2 atom stereocenters. The van der Waals surface area contributed by atoms with E-state index in [2.05, 4.69) is 23.1 Å². The third kappa shape index (κ3) is 2.31. The number of hydrogen-bond donors (Lipinski definition) is 0. The Bertz CT molecular complexity index is 845. The van der Waals surface area contributed by atoms with Crippen LogP contribution in [-0.2, 0) is 13.1 Å². The fraction of sp³-hybridized carbons (Fsp3) is 0.421. The van der Waals surface area contributed by atoms with Crippen LogP contribution in [0.4, 0.5) is 0 Å². The summed E-state index contributed by atoms with van der Waals surface area (Å²) in [6, 6.07) is 11.9. The Morgan fingerprint density at radius 3 is 2.92 bits per heavy atom. The maximum atomic E-state index is 12.1. The summed E-state index contributed by atoms with van der Waals surface area (Å²) in [5, 5.41) is 0. The van der Waals surface area contributed by atoms with E-state index >= 15 is 0 Å².